The van der Waals surface area contributed by atoms with Crippen LogP contribution in [0.15, 0.2) is 28.7 Å². The Bertz CT molecular complexity index is 967. The molecule has 6 nitrogen and oxygen atoms in total. The van der Waals surface area contributed by atoms with Gasteiger partial charge in [0.1, 0.15) is 10.7 Å². The van der Waals surface area contributed by atoms with Crippen LogP contribution in [0.1, 0.15) is 45.0 Å². The summed E-state index contributed by atoms with van der Waals surface area (Å²) in [6.07, 6.45) is 1.76. The van der Waals surface area contributed by atoms with E-state index in [0.717, 1.165) is 23.5 Å². The highest BCUT2D eigenvalue weighted by atomic mass is 32.1. The third kappa shape index (κ3) is 3.62. The number of halogens is 1. The lowest BCUT2D eigenvalue weighted by Gasteiger charge is -2.30. The summed E-state index contributed by atoms with van der Waals surface area (Å²) >= 11 is 1.43. The molecule has 3 heterocycles. The Kier molecular flexibility index (Phi) is 4.73. The number of benzene rings is 1. The standard InChI is InChI=1S/C19H19FN4O2S/c1-11-16(27-12(2)21-11)19(25)24-9-3-4-14(10-24)18-23-22-17(26-18)13-5-7-15(20)8-6-13/h5-8,14H,3-4,9-10H2,1-2H3. The Morgan fingerprint density at radius 1 is 1.26 bits per heavy atom. The molecule has 0 N–H and O–H groups in total. The molecule has 4 rings (SSSR count). The van der Waals surface area contributed by atoms with Gasteiger partial charge in [-0.15, -0.1) is 21.5 Å². The van der Waals surface area contributed by atoms with Gasteiger partial charge in [0.15, 0.2) is 0 Å². The van der Waals surface area contributed by atoms with Crippen molar-refractivity contribution in [1.29, 1.82) is 0 Å². The maximum atomic E-state index is 13.1. The maximum Gasteiger partial charge on any atom is 0.265 e. The third-order valence-electron chi connectivity index (χ3n) is 4.69. The minimum absolute atomic E-state index is 0.00118. The van der Waals surface area contributed by atoms with Crippen LogP contribution in [-0.2, 0) is 0 Å². The molecule has 2 aromatic heterocycles. The van der Waals surface area contributed by atoms with Gasteiger partial charge in [-0.3, -0.25) is 4.79 Å². The van der Waals surface area contributed by atoms with Crippen LogP contribution < -0.4 is 0 Å². The van der Waals surface area contributed by atoms with Crippen molar-refractivity contribution in [2.24, 2.45) is 0 Å². The van der Waals surface area contributed by atoms with Crippen LogP contribution in [0.3, 0.4) is 0 Å². The fourth-order valence-corrected chi connectivity index (χ4v) is 4.23. The van der Waals surface area contributed by atoms with E-state index >= 15 is 0 Å². The number of carbonyl (C=O) groups excluding carboxylic acids is 1. The Labute approximate surface area is 160 Å². The highest BCUT2D eigenvalue weighted by Gasteiger charge is 2.30. The quantitative estimate of drug-likeness (QED) is 0.681. The number of hydrogen-bond acceptors (Lipinski definition) is 6. The molecule has 27 heavy (non-hydrogen) atoms. The summed E-state index contributed by atoms with van der Waals surface area (Å²) in [4.78, 5) is 19.8. The minimum atomic E-state index is -0.312. The topological polar surface area (TPSA) is 72.1 Å². The molecule has 1 unspecified atom stereocenters. The van der Waals surface area contributed by atoms with Gasteiger partial charge in [-0.25, -0.2) is 9.37 Å². The number of aryl methyl sites for hydroxylation is 2. The Morgan fingerprint density at radius 2 is 2.04 bits per heavy atom. The predicted molar refractivity (Wildman–Crippen MR) is 99.2 cm³/mol. The van der Waals surface area contributed by atoms with E-state index in [0.29, 0.717) is 35.3 Å². The second-order valence-electron chi connectivity index (χ2n) is 6.69. The Hall–Kier alpha value is -2.61. The highest BCUT2D eigenvalue weighted by Crippen LogP contribution is 2.30. The molecule has 1 aliphatic heterocycles. The zero-order valence-electron chi connectivity index (χ0n) is 15.1. The number of piperidine rings is 1. The van der Waals surface area contributed by atoms with Crippen LogP contribution in [0.25, 0.3) is 11.5 Å². The molecule has 1 atom stereocenters. The van der Waals surface area contributed by atoms with Crippen LogP contribution in [0.4, 0.5) is 4.39 Å². The minimum Gasteiger partial charge on any atom is -0.420 e. The van der Waals surface area contributed by atoms with Gasteiger partial charge in [0.05, 0.1) is 16.6 Å². The molecule has 1 aliphatic rings. The van der Waals surface area contributed by atoms with E-state index in [2.05, 4.69) is 15.2 Å². The summed E-state index contributed by atoms with van der Waals surface area (Å²) in [5, 5.41) is 9.15. The van der Waals surface area contributed by atoms with Gasteiger partial charge in [0, 0.05) is 18.7 Å². The zero-order valence-corrected chi connectivity index (χ0v) is 15.9. The lowest BCUT2D eigenvalue weighted by Crippen LogP contribution is -2.39. The lowest BCUT2D eigenvalue weighted by atomic mass is 9.98. The van der Waals surface area contributed by atoms with Gasteiger partial charge in [-0.2, -0.15) is 0 Å². The van der Waals surface area contributed by atoms with E-state index in [-0.39, 0.29) is 17.6 Å². The van der Waals surface area contributed by atoms with Crippen molar-refractivity contribution >= 4 is 17.2 Å². The van der Waals surface area contributed by atoms with Crippen LogP contribution in [0.2, 0.25) is 0 Å². The van der Waals surface area contributed by atoms with E-state index in [1.807, 2.05) is 18.7 Å². The van der Waals surface area contributed by atoms with Gasteiger partial charge in [-0.1, -0.05) is 0 Å². The average molecular weight is 386 g/mol. The predicted octanol–water partition coefficient (Wildman–Crippen LogP) is 3.97. The third-order valence-corrected chi connectivity index (χ3v) is 5.75. The summed E-state index contributed by atoms with van der Waals surface area (Å²) in [6.45, 7) is 5.03. The fraction of sp³-hybridized carbons (Fsp3) is 0.368. The summed E-state index contributed by atoms with van der Waals surface area (Å²) < 4.78 is 18.9. The first-order valence-corrected chi connectivity index (χ1v) is 9.65. The van der Waals surface area contributed by atoms with Crippen molar-refractivity contribution in [3.63, 3.8) is 0 Å². The number of thiazole rings is 1. The van der Waals surface area contributed by atoms with Crippen molar-refractivity contribution in [3.8, 4) is 11.5 Å². The number of aromatic nitrogens is 3. The molecular weight excluding hydrogens is 367 g/mol. The molecule has 8 heteroatoms. The van der Waals surface area contributed by atoms with Gasteiger partial charge in [0.25, 0.3) is 5.91 Å². The Balaban J connectivity index is 1.51. The smallest absolute Gasteiger partial charge is 0.265 e. The Morgan fingerprint density at radius 3 is 2.74 bits per heavy atom. The number of amides is 1. The van der Waals surface area contributed by atoms with Crippen molar-refractivity contribution in [1.82, 2.24) is 20.1 Å². The molecule has 1 aromatic carbocycles. The number of hydrogen-bond donors (Lipinski definition) is 0. The van der Waals surface area contributed by atoms with Gasteiger partial charge >= 0.3 is 0 Å². The molecule has 0 aliphatic carbocycles. The number of likely N-dealkylation sites (tertiary alicyclic amines) is 1. The van der Waals surface area contributed by atoms with Gasteiger partial charge in [0.2, 0.25) is 11.8 Å². The number of carbonyl (C=O) groups is 1. The second-order valence-corrected chi connectivity index (χ2v) is 7.89. The van der Waals surface area contributed by atoms with E-state index in [4.69, 9.17) is 4.42 Å². The van der Waals surface area contributed by atoms with Crippen LogP contribution >= 0.6 is 11.3 Å². The first kappa shape index (κ1) is 17.8. The van der Waals surface area contributed by atoms with Crippen molar-refractivity contribution < 1.29 is 13.6 Å². The molecule has 1 fully saturated rings. The number of rotatable bonds is 3. The summed E-state index contributed by atoms with van der Waals surface area (Å²) in [5.74, 6) is 0.583. The first-order chi connectivity index (χ1) is 13.0. The molecule has 0 spiro atoms. The lowest BCUT2D eigenvalue weighted by molar-refractivity contribution is 0.0702. The molecular formula is C19H19FN4O2S. The largest absolute Gasteiger partial charge is 0.420 e. The molecule has 0 saturated carbocycles. The molecule has 1 saturated heterocycles. The molecule has 3 aromatic rings. The fourth-order valence-electron chi connectivity index (χ4n) is 3.35. The first-order valence-electron chi connectivity index (χ1n) is 8.84. The second kappa shape index (κ2) is 7.19. The number of nitrogens with zero attached hydrogens (tertiary/aromatic N) is 4. The summed E-state index contributed by atoms with van der Waals surface area (Å²) in [6, 6.07) is 5.94. The molecule has 1 amide bonds. The summed E-state index contributed by atoms with van der Waals surface area (Å²) in [7, 11) is 0. The van der Waals surface area contributed by atoms with Crippen LogP contribution in [0.5, 0.6) is 0 Å². The van der Waals surface area contributed by atoms with Crippen molar-refractivity contribution in [2.75, 3.05) is 13.1 Å². The van der Waals surface area contributed by atoms with Crippen molar-refractivity contribution in [2.45, 2.75) is 32.6 Å². The van der Waals surface area contributed by atoms with Gasteiger partial charge in [-0.05, 0) is 51.0 Å². The maximum absolute atomic E-state index is 13.1. The molecule has 0 radical (unpaired) electrons. The monoisotopic (exact) mass is 386 g/mol. The van der Waals surface area contributed by atoms with Gasteiger partial charge < -0.3 is 9.32 Å². The van der Waals surface area contributed by atoms with E-state index in [9.17, 15) is 9.18 Å². The van der Waals surface area contributed by atoms with Crippen LogP contribution in [0, 0.1) is 19.7 Å². The summed E-state index contributed by atoms with van der Waals surface area (Å²) in [5.41, 5.74) is 1.45. The molecule has 0 bridgehead atoms. The molecule has 140 valence electrons. The van der Waals surface area contributed by atoms with Crippen LogP contribution in [-0.4, -0.2) is 39.1 Å². The average Bonchev–Trinajstić information content (AvgIpc) is 3.28. The SMILES string of the molecule is Cc1nc(C)c(C(=O)N2CCCC(c3nnc(-c4ccc(F)cc4)o3)C2)s1. The van der Waals surface area contributed by atoms with E-state index in [1.165, 1.54) is 23.5 Å². The zero-order chi connectivity index (χ0) is 19.0. The van der Waals surface area contributed by atoms with E-state index in [1.54, 1.807) is 12.1 Å². The van der Waals surface area contributed by atoms with Crippen molar-refractivity contribution in [3.05, 3.63) is 51.6 Å². The normalized spacial score (nSPS) is 17.3. The van der Waals surface area contributed by atoms with E-state index < -0.39 is 0 Å². The highest BCUT2D eigenvalue weighted by molar-refractivity contribution is 7.13.